The van der Waals surface area contributed by atoms with Crippen LogP contribution in [-0.2, 0) is 22.4 Å². The molecule has 2 aromatic rings. The molecule has 0 bridgehead atoms. The highest BCUT2D eigenvalue weighted by molar-refractivity contribution is 5.89. The Bertz CT molecular complexity index is 928. The van der Waals surface area contributed by atoms with Gasteiger partial charge in [0.05, 0.1) is 26.2 Å². The van der Waals surface area contributed by atoms with Crippen molar-refractivity contribution < 1.29 is 19.1 Å². The smallest absolute Gasteiger partial charge is 0.225 e. The molecule has 2 aromatic carbocycles. The van der Waals surface area contributed by atoms with E-state index < -0.39 is 0 Å². The summed E-state index contributed by atoms with van der Waals surface area (Å²) in [4.78, 5) is 27.1. The Morgan fingerprint density at radius 1 is 1.13 bits per heavy atom. The topological polar surface area (TPSA) is 67.9 Å². The van der Waals surface area contributed by atoms with Gasteiger partial charge < -0.3 is 19.7 Å². The van der Waals surface area contributed by atoms with Gasteiger partial charge in [-0.1, -0.05) is 30.3 Å². The quantitative estimate of drug-likeness (QED) is 0.765. The van der Waals surface area contributed by atoms with E-state index in [4.69, 9.17) is 9.47 Å². The molecule has 2 unspecified atom stereocenters. The molecular formula is C24H28N2O4. The van der Waals surface area contributed by atoms with Crippen LogP contribution in [0, 0.1) is 5.92 Å². The van der Waals surface area contributed by atoms with Gasteiger partial charge in [-0.15, -0.1) is 0 Å². The predicted molar refractivity (Wildman–Crippen MR) is 114 cm³/mol. The number of nitrogens with one attached hydrogen (secondary N) is 1. The molecule has 2 amide bonds. The number of benzene rings is 2. The highest BCUT2D eigenvalue weighted by Gasteiger charge is 2.36. The lowest BCUT2D eigenvalue weighted by molar-refractivity contribution is -0.129. The van der Waals surface area contributed by atoms with Crippen molar-refractivity contribution in [2.75, 3.05) is 27.3 Å². The third-order valence-electron chi connectivity index (χ3n) is 6.14. The molecule has 1 aliphatic carbocycles. The molecule has 1 saturated heterocycles. The van der Waals surface area contributed by atoms with Crippen molar-refractivity contribution in [1.29, 1.82) is 0 Å². The summed E-state index contributed by atoms with van der Waals surface area (Å²) in [6.07, 6.45) is 2.81. The summed E-state index contributed by atoms with van der Waals surface area (Å²) in [7, 11) is 3.24. The number of carbonyl (C=O) groups is 2. The molecular weight excluding hydrogens is 380 g/mol. The molecule has 0 spiro atoms. The minimum absolute atomic E-state index is 0.0433. The predicted octanol–water partition coefficient (Wildman–Crippen LogP) is 2.90. The van der Waals surface area contributed by atoms with Gasteiger partial charge in [0, 0.05) is 19.5 Å². The van der Waals surface area contributed by atoms with Crippen LogP contribution in [0.2, 0.25) is 0 Å². The van der Waals surface area contributed by atoms with Crippen LogP contribution in [-0.4, -0.2) is 44.0 Å². The minimum Gasteiger partial charge on any atom is -0.493 e. The van der Waals surface area contributed by atoms with Crippen LogP contribution in [0.5, 0.6) is 11.5 Å². The lowest BCUT2D eigenvalue weighted by Crippen LogP contribution is -2.35. The number of carbonyl (C=O) groups excluding carboxylic acids is 2. The van der Waals surface area contributed by atoms with Gasteiger partial charge in [-0.05, 0) is 48.1 Å². The molecule has 6 nitrogen and oxygen atoms in total. The van der Waals surface area contributed by atoms with Crippen LogP contribution in [0.25, 0.3) is 0 Å². The molecule has 1 aliphatic heterocycles. The number of hydrogen-bond acceptors (Lipinski definition) is 4. The van der Waals surface area contributed by atoms with Crippen LogP contribution in [0.1, 0.15) is 35.6 Å². The van der Waals surface area contributed by atoms with E-state index >= 15 is 0 Å². The van der Waals surface area contributed by atoms with Crippen molar-refractivity contribution >= 4 is 11.8 Å². The van der Waals surface area contributed by atoms with E-state index in [9.17, 15) is 9.59 Å². The third kappa shape index (κ3) is 4.13. The van der Waals surface area contributed by atoms with Crippen molar-refractivity contribution in [3.05, 3.63) is 59.2 Å². The summed E-state index contributed by atoms with van der Waals surface area (Å²) in [5.74, 6) is 1.10. The number of amides is 2. The number of fused-ring (bicyclic) bond motifs is 1. The maximum absolute atomic E-state index is 12.9. The van der Waals surface area contributed by atoms with Crippen molar-refractivity contribution in [3.63, 3.8) is 0 Å². The van der Waals surface area contributed by atoms with Crippen LogP contribution >= 0.6 is 0 Å². The third-order valence-corrected chi connectivity index (χ3v) is 6.14. The van der Waals surface area contributed by atoms with Gasteiger partial charge in [0.2, 0.25) is 11.8 Å². The largest absolute Gasteiger partial charge is 0.493 e. The van der Waals surface area contributed by atoms with Crippen LogP contribution < -0.4 is 14.8 Å². The summed E-state index contributed by atoms with van der Waals surface area (Å²) >= 11 is 0. The van der Waals surface area contributed by atoms with E-state index in [0.717, 1.165) is 24.8 Å². The average molecular weight is 408 g/mol. The first-order chi connectivity index (χ1) is 14.6. The maximum Gasteiger partial charge on any atom is 0.225 e. The van der Waals surface area contributed by atoms with E-state index in [1.54, 1.807) is 14.2 Å². The minimum atomic E-state index is -0.294. The molecule has 1 fully saturated rings. The average Bonchev–Trinajstić information content (AvgIpc) is 3.34. The summed E-state index contributed by atoms with van der Waals surface area (Å²) < 4.78 is 10.8. The Morgan fingerprint density at radius 2 is 1.87 bits per heavy atom. The summed E-state index contributed by atoms with van der Waals surface area (Å²) in [6.45, 7) is 1.14. The highest BCUT2D eigenvalue weighted by atomic mass is 16.5. The first kappa shape index (κ1) is 20.3. The van der Waals surface area contributed by atoms with Gasteiger partial charge in [0.1, 0.15) is 0 Å². The van der Waals surface area contributed by atoms with E-state index in [-0.39, 0.29) is 30.2 Å². The summed E-state index contributed by atoms with van der Waals surface area (Å²) in [6, 6.07) is 14.0. The van der Waals surface area contributed by atoms with Crippen molar-refractivity contribution in [2.45, 2.75) is 31.7 Å². The number of hydrogen-bond donors (Lipinski definition) is 1. The fraction of sp³-hybridized carbons (Fsp3) is 0.417. The molecule has 158 valence electrons. The lowest BCUT2D eigenvalue weighted by atomic mass is 10.0. The molecule has 2 aliphatic rings. The highest BCUT2D eigenvalue weighted by Crippen LogP contribution is 2.39. The monoisotopic (exact) mass is 408 g/mol. The Hall–Kier alpha value is -3.02. The molecule has 1 N–H and O–H groups in total. The summed E-state index contributed by atoms with van der Waals surface area (Å²) in [5, 5.41) is 3.17. The number of nitrogens with zero attached hydrogens (tertiary/aromatic N) is 1. The van der Waals surface area contributed by atoms with Crippen molar-refractivity contribution in [1.82, 2.24) is 10.2 Å². The van der Waals surface area contributed by atoms with E-state index in [2.05, 4.69) is 17.4 Å². The SMILES string of the molecule is COc1cc2c(cc1OC)C(NC(=O)C1CC(=O)N(CCc3ccccc3)C1)CC2. The van der Waals surface area contributed by atoms with Gasteiger partial charge in [0.15, 0.2) is 11.5 Å². The van der Waals surface area contributed by atoms with Crippen LogP contribution in [0.4, 0.5) is 0 Å². The zero-order chi connectivity index (χ0) is 21.1. The van der Waals surface area contributed by atoms with Gasteiger partial charge >= 0.3 is 0 Å². The summed E-state index contributed by atoms with van der Waals surface area (Å²) in [5.41, 5.74) is 3.45. The second kappa shape index (κ2) is 8.78. The Labute approximate surface area is 177 Å². The Kier molecular flexibility index (Phi) is 5.93. The van der Waals surface area contributed by atoms with Gasteiger partial charge in [-0.3, -0.25) is 9.59 Å². The van der Waals surface area contributed by atoms with Crippen molar-refractivity contribution in [2.24, 2.45) is 5.92 Å². The molecule has 30 heavy (non-hydrogen) atoms. The zero-order valence-electron chi connectivity index (χ0n) is 17.5. The van der Waals surface area contributed by atoms with E-state index in [1.165, 1.54) is 11.1 Å². The molecule has 6 heteroatoms. The molecule has 2 atom stereocenters. The standard InChI is InChI=1S/C24H28N2O4/c1-29-21-12-17-8-9-20(19(17)14-22(21)30-2)25-24(28)18-13-23(27)26(15-18)11-10-16-6-4-3-5-7-16/h3-7,12,14,18,20H,8-11,13,15H2,1-2H3,(H,25,28). The normalized spacial score (nSPS) is 20.2. The molecule has 0 radical (unpaired) electrons. The first-order valence-electron chi connectivity index (χ1n) is 10.5. The fourth-order valence-electron chi connectivity index (χ4n) is 4.45. The van der Waals surface area contributed by atoms with Crippen LogP contribution in [0.15, 0.2) is 42.5 Å². The zero-order valence-corrected chi connectivity index (χ0v) is 17.5. The molecule has 0 aromatic heterocycles. The second-order valence-electron chi connectivity index (χ2n) is 7.98. The second-order valence-corrected chi connectivity index (χ2v) is 7.98. The Morgan fingerprint density at radius 3 is 2.60 bits per heavy atom. The van der Waals surface area contributed by atoms with Gasteiger partial charge in [0.25, 0.3) is 0 Å². The van der Waals surface area contributed by atoms with E-state index in [0.29, 0.717) is 24.6 Å². The van der Waals surface area contributed by atoms with E-state index in [1.807, 2.05) is 35.2 Å². The number of aryl methyl sites for hydroxylation is 1. The molecule has 1 heterocycles. The molecule has 4 rings (SSSR count). The van der Waals surface area contributed by atoms with Crippen LogP contribution in [0.3, 0.4) is 0 Å². The number of methoxy groups -OCH3 is 2. The number of rotatable bonds is 7. The number of likely N-dealkylation sites (tertiary alicyclic amines) is 1. The Balaban J connectivity index is 1.37. The number of ether oxygens (including phenoxy) is 2. The fourth-order valence-corrected chi connectivity index (χ4v) is 4.45. The molecule has 0 saturated carbocycles. The van der Waals surface area contributed by atoms with Gasteiger partial charge in [-0.2, -0.15) is 0 Å². The van der Waals surface area contributed by atoms with Gasteiger partial charge in [-0.25, -0.2) is 0 Å². The first-order valence-corrected chi connectivity index (χ1v) is 10.5. The maximum atomic E-state index is 12.9. The van der Waals surface area contributed by atoms with Crippen molar-refractivity contribution in [3.8, 4) is 11.5 Å². The lowest BCUT2D eigenvalue weighted by Gasteiger charge is -2.19.